The van der Waals surface area contributed by atoms with Crippen LogP contribution in [0.5, 0.6) is 11.5 Å². The average Bonchev–Trinajstić information content (AvgIpc) is 3.21. The molecule has 3 aromatic carbocycles. The van der Waals surface area contributed by atoms with E-state index in [1.807, 2.05) is 44.2 Å². The number of aromatic nitrogens is 1. The van der Waals surface area contributed by atoms with Crippen LogP contribution in [0.25, 0.3) is 11.3 Å². The minimum atomic E-state index is -0.514. The number of esters is 1. The number of aryl methyl sites for hydroxylation is 1. The van der Waals surface area contributed by atoms with Crippen LogP contribution in [0.1, 0.15) is 27.7 Å². The van der Waals surface area contributed by atoms with E-state index in [0.29, 0.717) is 33.8 Å². The van der Waals surface area contributed by atoms with Gasteiger partial charge in [0.05, 0.1) is 24.1 Å². The van der Waals surface area contributed by atoms with Gasteiger partial charge in [-0.2, -0.15) is 5.10 Å². The lowest BCUT2D eigenvalue weighted by molar-refractivity contribution is 0.0728. The molecular weight excluding hydrogens is 470 g/mol. The number of carbonyl (C=O) groups excluding carboxylic acids is 1. The molecule has 0 aliphatic rings. The molecule has 1 N–H and O–H groups in total. The molecule has 0 spiro atoms. The molecule has 0 fully saturated rings. The van der Waals surface area contributed by atoms with Gasteiger partial charge in [-0.05, 0) is 55.8 Å². The molecule has 0 saturated carbocycles. The number of hydrazone groups is 1. The van der Waals surface area contributed by atoms with E-state index in [1.54, 1.807) is 48.7 Å². The monoisotopic (exact) mass is 491 g/mol. The average molecular weight is 492 g/mol. The van der Waals surface area contributed by atoms with Crippen LogP contribution >= 0.6 is 22.9 Å². The Morgan fingerprint density at radius 3 is 2.68 bits per heavy atom. The van der Waals surface area contributed by atoms with E-state index in [1.165, 1.54) is 11.3 Å². The minimum Gasteiger partial charge on any atom is -0.490 e. The van der Waals surface area contributed by atoms with Crippen molar-refractivity contribution < 1.29 is 14.3 Å². The summed E-state index contributed by atoms with van der Waals surface area (Å²) in [7, 11) is 0. The standard InChI is InChI=1S/C26H22ClN3O3S/c1-3-32-23-14-18(12-13-22(23)33-25(31)20-10-7-11-21(27)15-20)16-28-30-26-29-24(17(2)34-26)19-8-5-4-6-9-19/h4-16H,3H2,1-2H3,(H,29,30). The molecule has 1 heterocycles. The summed E-state index contributed by atoms with van der Waals surface area (Å²) in [5.74, 6) is 0.248. The summed E-state index contributed by atoms with van der Waals surface area (Å²) < 4.78 is 11.2. The van der Waals surface area contributed by atoms with Crippen molar-refractivity contribution in [2.45, 2.75) is 13.8 Å². The van der Waals surface area contributed by atoms with Crippen LogP contribution in [0.3, 0.4) is 0 Å². The minimum absolute atomic E-state index is 0.319. The lowest BCUT2D eigenvalue weighted by atomic mass is 10.1. The third-order valence-corrected chi connectivity index (χ3v) is 5.86. The zero-order valence-electron chi connectivity index (χ0n) is 18.6. The SMILES string of the molecule is CCOc1cc(C=NNc2nc(-c3ccccc3)c(C)s2)ccc1OC(=O)c1cccc(Cl)c1. The van der Waals surface area contributed by atoms with Gasteiger partial charge < -0.3 is 9.47 Å². The highest BCUT2D eigenvalue weighted by molar-refractivity contribution is 7.16. The van der Waals surface area contributed by atoms with E-state index >= 15 is 0 Å². The van der Waals surface area contributed by atoms with E-state index in [9.17, 15) is 4.79 Å². The second-order valence-corrected chi connectivity index (χ2v) is 8.84. The summed E-state index contributed by atoms with van der Waals surface area (Å²) in [4.78, 5) is 18.2. The van der Waals surface area contributed by atoms with Gasteiger partial charge in [0.15, 0.2) is 11.5 Å². The molecule has 0 bridgehead atoms. The zero-order chi connectivity index (χ0) is 23.9. The Balaban J connectivity index is 1.46. The molecule has 0 atom stereocenters. The number of hydrogen-bond acceptors (Lipinski definition) is 7. The number of nitrogens with one attached hydrogen (secondary N) is 1. The molecule has 0 radical (unpaired) electrons. The first-order chi connectivity index (χ1) is 16.5. The van der Waals surface area contributed by atoms with Crippen molar-refractivity contribution in [2.75, 3.05) is 12.0 Å². The Hall–Kier alpha value is -3.68. The maximum atomic E-state index is 12.5. The molecule has 34 heavy (non-hydrogen) atoms. The summed E-state index contributed by atoms with van der Waals surface area (Å²) in [5.41, 5.74) is 6.13. The van der Waals surface area contributed by atoms with Gasteiger partial charge in [-0.3, -0.25) is 5.43 Å². The largest absolute Gasteiger partial charge is 0.490 e. The second-order valence-electron chi connectivity index (χ2n) is 7.20. The maximum Gasteiger partial charge on any atom is 0.343 e. The molecular formula is C26H22ClN3O3S. The third-order valence-electron chi connectivity index (χ3n) is 4.75. The van der Waals surface area contributed by atoms with Crippen molar-refractivity contribution in [1.29, 1.82) is 0 Å². The summed E-state index contributed by atoms with van der Waals surface area (Å²) in [6, 6.07) is 21.8. The van der Waals surface area contributed by atoms with Crippen LogP contribution < -0.4 is 14.9 Å². The van der Waals surface area contributed by atoms with Crippen LogP contribution in [-0.4, -0.2) is 23.8 Å². The van der Waals surface area contributed by atoms with Crippen LogP contribution in [0, 0.1) is 6.92 Å². The number of benzene rings is 3. The molecule has 4 rings (SSSR count). The lowest BCUT2D eigenvalue weighted by Crippen LogP contribution is -2.09. The van der Waals surface area contributed by atoms with E-state index in [2.05, 4.69) is 15.5 Å². The summed E-state index contributed by atoms with van der Waals surface area (Å²) in [6.07, 6.45) is 1.66. The van der Waals surface area contributed by atoms with Gasteiger partial charge in [-0.1, -0.05) is 48.0 Å². The zero-order valence-corrected chi connectivity index (χ0v) is 20.2. The van der Waals surface area contributed by atoms with Crippen molar-refractivity contribution >= 4 is 40.3 Å². The fourth-order valence-electron chi connectivity index (χ4n) is 3.20. The van der Waals surface area contributed by atoms with Crippen molar-refractivity contribution in [3.05, 3.63) is 93.8 Å². The number of hydrogen-bond donors (Lipinski definition) is 1. The highest BCUT2D eigenvalue weighted by atomic mass is 35.5. The predicted molar refractivity (Wildman–Crippen MR) is 138 cm³/mol. The molecule has 0 unspecified atom stereocenters. The van der Waals surface area contributed by atoms with Gasteiger partial charge in [0.1, 0.15) is 0 Å². The first-order valence-electron chi connectivity index (χ1n) is 10.6. The molecule has 8 heteroatoms. The Morgan fingerprint density at radius 1 is 1.09 bits per heavy atom. The highest BCUT2D eigenvalue weighted by Gasteiger charge is 2.14. The summed E-state index contributed by atoms with van der Waals surface area (Å²) >= 11 is 7.51. The lowest BCUT2D eigenvalue weighted by Gasteiger charge is -2.11. The molecule has 0 aliphatic heterocycles. The number of carbonyl (C=O) groups is 1. The first kappa shape index (κ1) is 23.5. The van der Waals surface area contributed by atoms with Crippen molar-refractivity contribution in [3.8, 4) is 22.8 Å². The normalized spacial score (nSPS) is 10.9. The molecule has 0 aliphatic carbocycles. The van der Waals surface area contributed by atoms with Crippen LogP contribution in [-0.2, 0) is 0 Å². The van der Waals surface area contributed by atoms with Crippen molar-refractivity contribution in [1.82, 2.24) is 4.98 Å². The predicted octanol–water partition coefficient (Wildman–Crippen LogP) is 6.84. The summed E-state index contributed by atoms with van der Waals surface area (Å²) in [5, 5.41) is 5.47. The smallest absolute Gasteiger partial charge is 0.343 e. The fraction of sp³-hybridized carbons (Fsp3) is 0.115. The van der Waals surface area contributed by atoms with Gasteiger partial charge in [-0.15, -0.1) is 11.3 Å². The van der Waals surface area contributed by atoms with Crippen molar-refractivity contribution in [3.63, 3.8) is 0 Å². The maximum absolute atomic E-state index is 12.5. The van der Waals surface area contributed by atoms with E-state index in [-0.39, 0.29) is 0 Å². The van der Waals surface area contributed by atoms with Gasteiger partial charge in [0.25, 0.3) is 0 Å². The van der Waals surface area contributed by atoms with Crippen LogP contribution in [0.15, 0.2) is 77.9 Å². The van der Waals surface area contributed by atoms with Crippen LogP contribution in [0.4, 0.5) is 5.13 Å². The van der Waals surface area contributed by atoms with E-state index < -0.39 is 5.97 Å². The summed E-state index contributed by atoms with van der Waals surface area (Å²) in [6.45, 7) is 4.31. The number of anilines is 1. The number of ether oxygens (including phenoxy) is 2. The first-order valence-corrected chi connectivity index (χ1v) is 11.8. The van der Waals surface area contributed by atoms with Gasteiger partial charge >= 0.3 is 5.97 Å². The molecule has 6 nitrogen and oxygen atoms in total. The van der Waals surface area contributed by atoms with Gasteiger partial charge in [0, 0.05) is 15.5 Å². The Kier molecular flexibility index (Phi) is 7.57. The van der Waals surface area contributed by atoms with Crippen LogP contribution in [0.2, 0.25) is 5.02 Å². The molecule has 0 saturated heterocycles. The Bertz CT molecular complexity index is 1320. The quantitative estimate of drug-likeness (QED) is 0.126. The third kappa shape index (κ3) is 5.81. The topological polar surface area (TPSA) is 72.8 Å². The number of nitrogens with zero attached hydrogens (tertiary/aromatic N) is 2. The second kappa shape index (κ2) is 11.0. The van der Waals surface area contributed by atoms with Gasteiger partial charge in [-0.25, -0.2) is 9.78 Å². The number of halogens is 1. The Labute approximate surface area is 206 Å². The molecule has 1 aromatic heterocycles. The molecule has 4 aromatic rings. The fourth-order valence-corrected chi connectivity index (χ4v) is 4.18. The molecule has 172 valence electrons. The Morgan fingerprint density at radius 2 is 1.91 bits per heavy atom. The molecule has 0 amide bonds. The van der Waals surface area contributed by atoms with Gasteiger partial charge in [0.2, 0.25) is 5.13 Å². The number of rotatable bonds is 8. The van der Waals surface area contributed by atoms with E-state index in [4.69, 9.17) is 21.1 Å². The highest BCUT2D eigenvalue weighted by Crippen LogP contribution is 2.31. The number of thiazole rings is 1. The van der Waals surface area contributed by atoms with Crippen molar-refractivity contribution in [2.24, 2.45) is 5.10 Å². The van der Waals surface area contributed by atoms with E-state index in [0.717, 1.165) is 21.7 Å².